The summed E-state index contributed by atoms with van der Waals surface area (Å²) in [7, 11) is -2.35. The van der Waals surface area contributed by atoms with E-state index in [-0.39, 0.29) is 0 Å². The van der Waals surface area contributed by atoms with Crippen molar-refractivity contribution in [2.75, 3.05) is 7.04 Å². The summed E-state index contributed by atoms with van der Waals surface area (Å²) in [6.45, 7) is 0. The summed E-state index contributed by atoms with van der Waals surface area (Å²) >= 11 is 2.14. The molecule has 0 spiro atoms. The maximum atomic E-state index is 6.83. The third-order valence-corrected chi connectivity index (χ3v) is 1.65. The highest BCUT2D eigenvalue weighted by molar-refractivity contribution is 14.1. The Morgan fingerprint density at radius 3 is 2.67 bits per heavy atom. The summed E-state index contributed by atoms with van der Waals surface area (Å²) in [5.41, 5.74) is 0. The summed E-state index contributed by atoms with van der Waals surface area (Å²) in [5, 5.41) is 0. The van der Waals surface area contributed by atoms with Crippen molar-refractivity contribution in [3.05, 3.63) is 27.8 Å². The van der Waals surface area contributed by atoms with Crippen molar-refractivity contribution in [1.82, 2.24) is 0 Å². The van der Waals surface area contributed by atoms with Gasteiger partial charge in [0.15, 0.2) is 0 Å². The molecule has 0 heterocycles. The first-order chi connectivity index (χ1) is 5.47. The van der Waals surface area contributed by atoms with Crippen LogP contribution in [-0.2, 0) is 0 Å². The fourth-order valence-corrected chi connectivity index (χ4v) is 0.862. The minimum Gasteiger partial charge on any atom is -0.497 e. The summed E-state index contributed by atoms with van der Waals surface area (Å²) in [6.07, 6.45) is 0. The van der Waals surface area contributed by atoms with Crippen LogP contribution in [0.1, 0.15) is 4.11 Å². The summed E-state index contributed by atoms with van der Waals surface area (Å²) in [4.78, 5) is 0. The van der Waals surface area contributed by atoms with E-state index in [9.17, 15) is 0 Å². The second-order valence-corrected chi connectivity index (χ2v) is 2.80. The van der Waals surface area contributed by atoms with Crippen LogP contribution in [0.5, 0.6) is 5.75 Å². The monoisotopic (exact) mass is 238 g/mol. The van der Waals surface area contributed by atoms with Crippen LogP contribution >= 0.6 is 22.6 Å². The van der Waals surface area contributed by atoms with E-state index in [1.54, 1.807) is 24.3 Å². The van der Waals surface area contributed by atoms with Gasteiger partial charge < -0.3 is 4.74 Å². The van der Waals surface area contributed by atoms with E-state index in [0.29, 0.717) is 5.75 Å². The van der Waals surface area contributed by atoms with Gasteiger partial charge in [0.2, 0.25) is 0 Å². The quantitative estimate of drug-likeness (QED) is 0.538. The summed E-state index contributed by atoms with van der Waals surface area (Å²) in [6, 6.07) is 6.85. The SMILES string of the molecule is [2H][13C]([2H])([2H])Oc1ccc(I)cc1. The van der Waals surface area contributed by atoms with Gasteiger partial charge in [-0.2, -0.15) is 0 Å². The zero-order valence-electron chi connectivity index (χ0n) is 7.60. The van der Waals surface area contributed by atoms with Crippen LogP contribution in [0.3, 0.4) is 0 Å². The van der Waals surface area contributed by atoms with Crippen LogP contribution < -0.4 is 4.74 Å². The number of rotatable bonds is 1. The van der Waals surface area contributed by atoms with Gasteiger partial charge in [0.1, 0.15) is 5.75 Å². The number of halogens is 1. The van der Waals surface area contributed by atoms with Crippen LogP contribution in [0, 0.1) is 3.57 Å². The molecule has 0 bridgehead atoms. The van der Waals surface area contributed by atoms with Gasteiger partial charge in [0.05, 0.1) is 11.2 Å². The van der Waals surface area contributed by atoms with E-state index >= 15 is 0 Å². The molecule has 1 nitrogen and oxygen atoms in total. The van der Waals surface area contributed by atoms with Crippen molar-refractivity contribution in [3.8, 4) is 5.75 Å². The molecule has 0 N–H and O–H groups in total. The van der Waals surface area contributed by atoms with E-state index in [4.69, 9.17) is 4.11 Å². The molecule has 0 aliphatic rings. The molecule has 1 rings (SSSR count). The number of ether oxygens (including phenoxy) is 1. The Hall–Kier alpha value is -0.250. The van der Waals surface area contributed by atoms with Crippen molar-refractivity contribution in [2.24, 2.45) is 0 Å². The molecule has 9 heavy (non-hydrogen) atoms. The van der Waals surface area contributed by atoms with Gasteiger partial charge in [-0.1, -0.05) is 0 Å². The lowest BCUT2D eigenvalue weighted by Crippen LogP contribution is -1.80. The van der Waals surface area contributed by atoms with Gasteiger partial charge >= 0.3 is 0 Å². The molecule has 48 valence electrons. The van der Waals surface area contributed by atoms with Crippen LogP contribution in [0.15, 0.2) is 24.3 Å². The third-order valence-electron chi connectivity index (χ3n) is 0.931. The molecule has 0 saturated heterocycles. The normalized spacial score (nSPS) is 15.4. The number of methoxy groups -OCH3 is 1. The highest BCUT2D eigenvalue weighted by Gasteiger charge is 1.86. The first kappa shape index (κ1) is 3.81. The van der Waals surface area contributed by atoms with Crippen molar-refractivity contribution in [3.63, 3.8) is 0 Å². The van der Waals surface area contributed by atoms with Gasteiger partial charge in [-0.25, -0.2) is 0 Å². The number of benzene rings is 1. The first-order valence-corrected chi connectivity index (χ1v) is 3.50. The number of hydrogen-bond acceptors (Lipinski definition) is 1. The topological polar surface area (TPSA) is 9.23 Å². The zero-order chi connectivity index (χ0) is 9.19. The zero-order valence-corrected chi connectivity index (χ0v) is 6.75. The van der Waals surface area contributed by atoms with Gasteiger partial charge in [-0.05, 0) is 46.9 Å². The van der Waals surface area contributed by atoms with E-state index in [2.05, 4.69) is 27.3 Å². The lowest BCUT2D eigenvalue weighted by molar-refractivity contribution is 0.414. The van der Waals surface area contributed by atoms with E-state index < -0.39 is 7.04 Å². The third kappa shape index (κ3) is 1.86. The van der Waals surface area contributed by atoms with E-state index in [1.807, 2.05) is 0 Å². The highest BCUT2D eigenvalue weighted by atomic mass is 127. The second kappa shape index (κ2) is 3.06. The Morgan fingerprint density at radius 1 is 1.44 bits per heavy atom. The van der Waals surface area contributed by atoms with E-state index in [1.165, 1.54) is 0 Å². The van der Waals surface area contributed by atoms with Crippen molar-refractivity contribution in [1.29, 1.82) is 0 Å². The molecule has 0 aliphatic carbocycles. The van der Waals surface area contributed by atoms with Crippen LogP contribution in [0.4, 0.5) is 0 Å². The summed E-state index contributed by atoms with van der Waals surface area (Å²) in [5.74, 6) is 0.371. The Labute approximate surface area is 72.4 Å². The Morgan fingerprint density at radius 2 is 2.11 bits per heavy atom. The predicted molar refractivity (Wildman–Crippen MR) is 45.7 cm³/mol. The fraction of sp³-hybridized carbons (Fsp3) is 0.143. The highest BCUT2D eigenvalue weighted by Crippen LogP contribution is 2.11. The first-order valence-electron chi connectivity index (χ1n) is 3.92. The minimum absolute atomic E-state index is 0.371. The number of hydrogen-bond donors (Lipinski definition) is 0. The average Bonchev–Trinajstić information content (AvgIpc) is 1.91. The molecule has 0 amide bonds. The van der Waals surface area contributed by atoms with Crippen LogP contribution in [0.2, 0.25) is 0 Å². The predicted octanol–water partition coefficient (Wildman–Crippen LogP) is 2.30. The molecule has 0 fully saturated rings. The molecule has 0 atom stereocenters. The van der Waals surface area contributed by atoms with Gasteiger partial charge in [0, 0.05) is 3.57 Å². The molecular formula is C7H7IO. The van der Waals surface area contributed by atoms with Crippen molar-refractivity contribution < 1.29 is 8.85 Å². The van der Waals surface area contributed by atoms with E-state index in [0.717, 1.165) is 3.57 Å². The molecule has 0 aliphatic heterocycles. The summed E-state index contributed by atoms with van der Waals surface area (Å²) < 4.78 is 26.2. The lowest BCUT2D eigenvalue weighted by Gasteiger charge is -1.96. The molecular weight excluding hydrogens is 228 g/mol. The largest absolute Gasteiger partial charge is 0.497 e. The van der Waals surface area contributed by atoms with Crippen molar-refractivity contribution >= 4 is 22.6 Å². The molecule has 2 heteroatoms. The smallest absolute Gasteiger partial charge is 0.118 e. The van der Waals surface area contributed by atoms with Crippen LogP contribution in [0.25, 0.3) is 0 Å². The van der Waals surface area contributed by atoms with Crippen molar-refractivity contribution in [2.45, 2.75) is 0 Å². The molecule has 0 saturated carbocycles. The molecule has 0 unspecified atom stereocenters. The Balaban J connectivity index is 2.71. The van der Waals surface area contributed by atoms with Gasteiger partial charge in [0.25, 0.3) is 0 Å². The standard InChI is InChI=1S/C7H7IO/c1-9-7-4-2-6(8)3-5-7/h2-5H,1H3/i1+1D3. The molecule has 0 aromatic heterocycles. The van der Waals surface area contributed by atoms with Crippen LogP contribution in [-0.4, -0.2) is 7.04 Å². The minimum atomic E-state index is -2.35. The Kier molecular flexibility index (Phi) is 1.29. The maximum absolute atomic E-state index is 6.83. The average molecular weight is 238 g/mol. The van der Waals surface area contributed by atoms with Gasteiger partial charge in [-0.3, -0.25) is 0 Å². The van der Waals surface area contributed by atoms with Gasteiger partial charge in [-0.15, -0.1) is 0 Å². The fourth-order valence-electron chi connectivity index (χ4n) is 0.503. The Bertz CT molecular complexity index is 254. The molecule has 1 aromatic rings. The molecule has 1 aromatic carbocycles. The second-order valence-electron chi connectivity index (χ2n) is 1.56. The molecule has 0 radical (unpaired) electrons. The maximum Gasteiger partial charge on any atom is 0.118 e. The lowest BCUT2D eigenvalue weighted by atomic mass is 10.3.